The Bertz CT molecular complexity index is 224. The molecule has 91 valence electrons. The van der Waals surface area contributed by atoms with E-state index in [1.165, 1.54) is 0 Å². The van der Waals surface area contributed by atoms with E-state index in [4.69, 9.17) is 4.55 Å². The number of unbranched alkanes of at least 4 members (excludes halogenated alkanes) is 4. The van der Waals surface area contributed by atoms with E-state index in [0.717, 1.165) is 38.5 Å². The lowest BCUT2D eigenvalue weighted by atomic mass is 10.1. The van der Waals surface area contributed by atoms with Crippen molar-refractivity contribution in [3.05, 3.63) is 6.92 Å². The fourth-order valence-electron chi connectivity index (χ4n) is 1.61. The normalized spacial score (nSPS) is 12.3. The highest BCUT2D eigenvalue weighted by atomic mass is 32.2. The summed E-state index contributed by atoms with van der Waals surface area (Å²) >= 11 is 0. The third-order valence-electron chi connectivity index (χ3n) is 2.58. The van der Waals surface area contributed by atoms with Gasteiger partial charge in [0.15, 0.2) is 0 Å². The number of rotatable bonds is 9. The van der Waals surface area contributed by atoms with E-state index < -0.39 is 15.4 Å². The molecule has 0 amide bonds. The van der Waals surface area contributed by atoms with Crippen molar-refractivity contribution in [3.8, 4) is 0 Å². The molecular formula is C11H23O3S. The lowest BCUT2D eigenvalue weighted by Gasteiger charge is -2.13. The summed E-state index contributed by atoms with van der Waals surface area (Å²) in [4.78, 5) is 0. The van der Waals surface area contributed by atoms with Gasteiger partial charge in [0.1, 0.15) is 0 Å². The Kier molecular flexibility index (Phi) is 8.06. The Hall–Kier alpha value is -0.0900. The fourth-order valence-corrected chi connectivity index (χ4v) is 2.54. The Morgan fingerprint density at radius 3 is 2.07 bits per heavy atom. The molecule has 0 aromatic carbocycles. The standard InChI is InChI=1S/C11H23O3S/c1-3-5-7-9-11(15(12,13)14)10-8-6-4-2/h11H,1,3-10H2,2H3,(H,12,13,14). The Balaban J connectivity index is 3.97. The topological polar surface area (TPSA) is 54.4 Å². The minimum Gasteiger partial charge on any atom is -0.285 e. The van der Waals surface area contributed by atoms with Crippen LogP contribution < -0.4 is 0 Å². The zero-order valence-corrected chi connectivity index (χ0v) is 10.4. The molecule has 1 radical (unpaired) electrons. The van der Waals surface area contributed by atoms with Crippen LogP contribution in [0.5, 0.6) is 0 Å². The van der Waals surface area contributed by atoms with Gasteiger partial charge in [0.2, 0.25) is 0 Å². The third kappa shape index (κ3) is 7.79. The van der Waals surface area contributed by atoms with Crippen molar-refractivity contribution < 1.29 is 13.0 Å². The van der Waals surface area contributed by atoms with Crippen LogP contribution in [0.1, 0.15) is 58.3 Å². The van der Waals surface area contributed by atoms with Crippen molar-refractivity contribution in [2.24, 2.45) is 0 Å². The maximum atomic E-state index is 11.1. The molecule has 0 heterocycles. The van der Waals surface area contributed by atoms with Gasteiger partial charge in [0.05, 0.1) is 5.25 Å². The van der Waals surface area contributed by atoms with E-state index in [1.54, 1.807) is 0 Å². The highest BCUT2D eigenvalue weighted by molar-refractivity contribution is 7.86. The van der Waals surface area contributed by atoms with Gasteiger partial charge in [0.25, 0.3) is 10.1 Å². The Labute approximate surface area is 94.0 Å². The molecule has 0 aromatic rings. The molecule has 1 atom stereocenters. The third-order valence-corrected chi connectivity index (χ3v) is 3.89. The minimum atomic E-state index is -3.85. The van der Waals surface area contributed by atoms with Crippen LogP contribution in [-0.4, -0.2) is 18.2 Å². The van der Waals surface area contributed by atoms with E-state index in [0.29, 0.717) is 12.8 Å². The second-order valence-corrected chi connectivity index (χ2v) is 5.68. The molecule has 0 aliphatic heterocycles. The maximum Gasteiger partial charge on any atom is 0.267 e. The summed E-state index contributed by atoms with van der Waals surface area (Å²) in [6.45, 7) is 5.78. The first-order valence-corrected chi connectivity index (χ1v) is 7.28. The second-order valence-electron chi connectivity index (χ2n) is 3.98. The first-order chi connectivity index (χ1) is 7.02. The van der Waals surface area contributed by atoms with Crippen molar-refractivity contribution in [1.82, 2.24) is 0 Å². The van der Waals surface area contributed by atoms with E-state index in [9.17, 15) is 8.42 Å². The zero-order chi connectivity index (χ0) is 11.7. The molecular weight excluding hydrogens is 212 g/mol. The molecule has 1 N–H and O–H groups in total. The Morgan fingerprint density at radius 2 is 1.67 bits per heavy atom. The minimum absolute atomic E-state index is 0.560. The molecule has 0 rings (SSSR count). The second kappa shape index (κ2) is 8.11. The van der Waals surface area contributed by atoms with Crippen molar-refractivity contribution in [1.29, 1.82) is 0 Å². The van der Waals surface area contributed by atoms with Gasteiger partial charge in [-0.2, -0.15) is 8.42 Å². The average molecular weight is 235 g/mol. The summed E-state index contributed by atoms with van der Waals surface area (Å²) in [7, 11) is -3.85. The highest BCUT2D eigenvalue weighted by Gasteiger charge is 2.21. The van der Waals surface area contributed by atoms with Crippen molar-refractivity contribution >= 4 is 10.1 Å². The van der Waals surface area contributed by atoms with Gasteiger partial charge in [-0.15, -0.1) is 0 Å². The van der Waals surface area contributed by atoms with Gasteiger partial charge in [-0.3, -0.25) is 4.55 Å². The molecule has 4 heteroatoms. The van der Waals surface area contributed by atoms with Gasteiger partial charge < -0.3 is 0 Å². The quantitative estimate of drug-likeness (QED) is 0.493. The van der Waals surface area contributed by atoms with Crippen LogP contribution in [0.15, 0.2) is 0 Å². The first kappa shape index (κ1) is 14.9. The molecule has 1 unspecified atom stereocenters. The lowest BCUT2D eigenvalue weighted by molar-refractivity contribution is 0.446. The Morgan fingerprint density at radius 1 is 1.13 bits per heavy atom. The van der Waals surface area contributed by atoms with E-state index >= 15 is 0 Å². The molecule has 0 spiro atoms. The van der Waals surface area contributed by atoms with Crippen LogP contribution in [0.25, 0.3) is 0 Å². The predicted octanol–water partition coefficient (Wildman–Crippen LogP) is 3.22. The summed E-state index contributed by atoms with van der Waals surface area (Å²) < 4.78 is 31.2. The fraction of sp³-hybridized carbons (Fsp3) is 0.909. The molecule has 0 saturated carbocycles. The zero-order valence-electron chi connectivity index (χ0n) is 9.61. The van der Waals surface area contributed by atoms with E-state index in [1.807, 2.05) is 0 Å². The van der Waals surface area contributed by atoms with E-state index in [2.05, 4.69) is 13.8 Å². The van der Waals surface area contributed by atoms with Crippen LogP contribution in [0, 0.1) is 6.92 Å². The largest absolute Gasteiger partial charge is 0.285 e. The van der Waals surface area contributed by atoms with Gasteiger partial charge >= 0.3 is 0 Å². The van der Waals surface area contributed by atoms with Gasteiger partial charge in [-0.25, -0.2) is 0 Å². The monoisotopic (exact) mass is 235 g/mol. The van der Waals surface area contributed by atoms with Crippen LogP contribution in [0.2, 0.25) is 0 Å². The van der Waals surface area contributed by atoms with Crippen LogP contribution in [0.4, 0.5) is 0 Å². The lowest BCUT2D eigenvalue weighted by Crippen LogP contribution is -2.20. The molecule has 0 saturated heterocycles. The van der Waals surface area contributed by atoms with Crippen molar-refractivity contribution in [2.75, 3.05) is 0 Å². The van der Waals surface area contributed by atoms with Gasteiger partial charge in [-0.05, 0) is 12.8 Å². The predicted molar refractivity (Wildman–Crippen MR) is 63.3 cm³/mol. The smallest absolute Gasteiger partial charge is 0.267 e. The van der Waals surface area contributed by atoms with Crippen molar-refractivity contribution in [2.45, 2.75) is 63.5 Å². The van der Waals surface area contributed by atoms with Gasteiger partial charge in [-0.1, -0.05) is 52.4 Å². The molecule has 0 aliphatic rings. The summed E-state index contributed by atoms with van der Waals surface area (Å²) in [6.07, 6.45) is 6.72. The van der Waals surface area contributed by atoms with Crippen molar-refractivity contribution in [3.63, 3.8) is 0 Å². The molecule has 0 aliphatic carbocycles. The summed E-state index contributed by atoms with van der Waals surface area (Å²) in [5.74, 6) is 0. The molecule has 0 fully saturated rings. The van der Waals surface area contributed by atoms with Gasteiger partial charge in [0, 0.05) is 0 Å². The average Bonchev–Trinajstić information content (AvgIpc) is 2.14. The molecule has 15 heavy (non-hydrogen) atoms. The summed E-state index contributed by atoms with van der Waals surface area (Å²) in [6, 6.07) is 0. The first-order valence-electron chi connectivity index (χ1n) is 5.78. The highest BCUT2D eigenvalue weighted by Crippen LogP contribution is 2.17. The molecule has 0 bridgehead atoms. The van der Waals surface area contributed by atoms with E-state index in [-0.39, 0.29) is 0 Å². The number of hydrogen-bond donors (Lipinski definition) is 1. The SMILES string of the molecule is [CH2]CCCCC(CCCCC)S(=O)(=O)O. The summed E-state index contributed by atoms with van der Waals surface area (Å²) in [5.41, 5.74) is 0. The maximum absolute atomic E-state index is 11.1. The van der Waals surface area contributed by atoms with Crippen LogP contribution >= 0.6 is 0 Å². The number of hydrogen-bond acceptors (Lipinski definition) is 2. The molecule has 0 aromatic heterocycles. The molecule has 3 nitrogen and oxygen atoms in total. The summed E-state index contributed by atoms with van der Waals surface area (Å²) in [5, 5.41) is -0.560. The van der Waals surface area contributed by atoms with Crippen LogP contribution in [-0.2, 0) is 10.1 Å². The van der Waals surface area contributed by atoms with Crippen LogP contribution in [0.3, 0.4) is 0 Å².